The summed E-state index contributed by atoms with van der Waals surface area (Å²) in [6.45, 7) is 4.61. The topological polar surface area (TPSA) is 109 Å². The van der Waals surface area contributed by atoms with Crippen LogP contribution < -0.4 is 19.8 Å². The maximum absolute atomic E-state index is 14.3. The molecule has 3 rings (SSSR count). The number of anilines is 3. The van der Waals surface area contributed by atoms with Gasteiger partial charge in [0, 0.05) is 33.3 Å². The summed E-state index contributed by atoms with van der Waals surface area (Å²) < 4.78 is 89.5. The van der Waals surface area contributed by atoms with Crippen molar-refractivity contribution in [2.75, 3.05) is 54.6 Å². The Morgan fingerprint density at radius 3 is 2.34 bits per heavy atom. The van der Waals surface area contributed by atoms with Crippen molar-refractivity contribution in [2.24, 2.45) is 17.6 Å². The van der Waals surface area contributed by atoms with Crippen LogP contribution in [-0.4, -0.2) is 83.3 Å². The van der Waals surface area contributed by atoms with Crippen LogP contribution in [0.5, 0.6) is 0 Å². The van der Waals surface area contributed by atoms with Gasteiger partial charge in [-0.2, -0.15) is 13.2 Å². The number of methoxy groups -OCH3 is 1. The van der Waals surface area contributed by atoms with Gasteiger partial charge in [-0.3, -0.25) is 14.0 Å². The van der Waals surface area contributed by atoms with E-state index < -0.39 is 56.8 Å². The number of carbonyl (C=O) groups is 1. The molecule has 1 aromatic heterocycles. The lowest BCUT2D eigenvalue weighted by atomic mass is 9.98. The third kappa shape index (κ3) is 8.32. The number of pyridine rings is 1. The van der Waals surface area contributed by atoms with E-state index >= 15 is 0 Å². The average molecular weight is 666 g/mol. The van der Waals surface area contributed by atoms with Crippen LogP contribution in [0.25, 0.3) is 0 Å². The molecule has 0 radical (unpaired) electrons. The maximum atomic E-state index is 14.3. The standard InChI is InChI=1S/C29H40ClF4N5O4S/c1-18(2)44(41,42)37(4)27-26(30)24(15-25(36-27)38(11-12-43-5)17-21-13-19(21)3)39(28(40)29(32,33)34)23(22(35)16-31)14-20-9-7-6-8-10-20/h6-10,15,18-19,21-23H,11-14,16-17,35H2,1-5H3/t19-,21+,22-,23-/m0/s1. The number of hydrogen-bond acceptors (Lipinski definition) is 7. The van der Waals surface area contributed by atoms with Crippen LogP contribution in [0, 0.1) is 11.8 Å². The molecule has 0 saturated heterocycles. The van der Waals surface area contributed by atoms with Crippen LogP contribution in [-0.2, 0) is 26.0 Å². The number of benzene rings is 1. The number of nitrogens with two attached hydrogens (primary N) is 1. The van der Waals surface area contributed by atoms with Gasteiger partial charge >= 0.3 is 12.1 Å². The summed E-state index contributed by atoms with van der Waals surface area (Å²) in [6.07, 6.45) is -4.74. The van der Waals surface area contributed by atoms with Gasteiger partial charge in [0.05, 0.1) is 29.6 Å². The molecule has 0 unspecified atom stereocenters. The predicted octanol–water partition coefficient (Wildman–Crippen LogP) is 4.82. The number of alkyl halides is 4. The van der Waals surface area contributed by atoms with Crippen LogP contribution in [0.3, 0.4) is 0 Å². The first kappa shape index (κ1) is 35.8. The first-order valence-electron chi connectivity index (χ1n) is 14.2. The number of nitrogens with zero attached hydrogens (tertiary/aromatic N) is 4. The second-order valence-corrected chi connectivity index (χ2v) is 14.3. The fourth-order valence-electron chi connectivity index (χ4n) is 4.88. The average Bonchev–Trinajstić information content (AvgIpc) is 3.68. The van der Waals surface area contributed by atoms with Gasteiger partial charge in [0.25, 0.3) is 0 Å². The Bertz CT molecular complexity index is 1380. The van der Waals surface area contributed by atoms with Gasteiger partial charge in [-0.25, -0.2) is 17.8 Å². The number of amides is 1. The Labute approximate surface area is 261 Å². The Balaban J connectivity index is 2.35. The third-order valence-electron chi connectivity index (χ3n) is 7.82. The minimum Gasteiger partial charge on any atom is -0.383 e. The summed E-state index contributed by atoms with van der Waals surface area (Å²) in [5, 5.41) is -1.47. The molecular weight excluding hydrogens is 626 g/mol. The number of halogens is 5. The summed E-state index contributed by atoms with van der Waals surface area (Å²) in [5.41, 5.74) is 6.07. The number of rotatable bonds is 15. The Hall–Kier alpha value is -2.68. The zero-order valence-electron chi connectivity index (χ0n) is 25.4. The molecule has 2 N–H and O–H groups in total. The number of ether oxygens (including phenoxy) is 1. The lowest BCUT2D eigenvalue weighted by Gasteiger charge is -2.37. The van der Waals surface area contributed by atoms with Gasteiger partial charge in [-0.05, 0) is 44.1 Å². The Kier molecular flexibility index (Phi) is 11.9. The lowest BCUT2D eigenvalue weighted by Crippen LogP contribution is -2.56. The highest BCUT2D eigenvalue weighted by atomic mass is 35.5. The molecule has 1 saturated carbocycles. The molecule has 1 amide bonds. The molecule has 15 heteroatoms. The van der Waals surface area contributed by atoms with Gasteiger partial charge in [-0.1, -0.05) is 48.9 Å². The zero-order chi connectivity index (χ0) is 33.0. The first-order chi connectivity index (χ1) is 20.5. The van der Waals surface area contributed by atoms with Crippen molar-refractivity contribution in [3.05, 3.63) is 47.0 Å². The molecule has 44 heavy (non-hydrogen) atoms. The van der Waals surface area contributed by atoms with Crippen LogP contribution in [0.2, 0.25) is 5.02 Å². The highest BCUT2D eigenvalue weighted by Gasteiger charge is 2.48. The molecular formula is C29H40ClF4N5O4S. The van der Waals surface area contributed by atoms with Crippen molar-refractivity contribution in [1.29, 1.82) is 0 Å². The van der Waals surface area contributed by atoms with Gasteiger partial charge in [0.1, 0.15) is 17.5 Å². The van der Waals surface area contributed by atoms with Crippen LogP contribution >= 0.6 is 11.6 Å². The summed E-state index contributed by atoms with van der Waals surface area (Å²) in [7, 11) is -1.41. The largest absolute Gasteiger partial charge is 0.471 e. The fraction of sp³-hybridized carbons (Fsp3) is 0.586. The first-order valence-corrected chi connectivity index (χ1v) is 16.1. The minimum absolute atomic E-state index is 0.0774. The monoisotopic (exact) mass is 665 g/mol. The minimum atomic E-state index is -5.41. The highest BCUT2D eigenvalue weighted by Crippen LogP contribution is 2.43. The molecule has 0 bridgehead atoms. The molecule has 1 aromatic carbocycles. The number of carbonyl (C=O) groups excluding carboxylic acids is 1. The molecule has 0 spiro atoms. The zero-order valence-corrected chi connectivity index (χ0v) is 27.0. The smallest absolute Gasteiger partial charge is 0.383 e. The van der Waals surface area contributed by atoms with E-state index in [0.29, 0.717) is 22.9 Å². The third-order valence-corrected chi connectivity index (χ3v) is 10.3. The van der Waals surface area contributed by atoms with Gasteiger partial charge in [-0.15, -0.1) is 0 Å². The van der Waals surface area contributed by atoms with Crippen LogP contribution in [0.4, 0.5) is 34.9 Å². The van der Waals surface area contributed by atoms with Crippen LogP contribution in [0.1, 0.15) is 32.8 Å². The lowest BCUT2D eigenvalue weighted by molar-refractivity contribution is -0.171. The molecule has 1 aliphatic carbocycles. The number of sulfonamides is 1. The molecule has 4 atom stereocenters. The molecule has 9 nitrogen and oxygen atoms in total. The van der Waals surface area contributed by atoms with E-state index in [0.717, 1.165) is 10.7 Å². The molecule has 246 valence electrons. The Morgan fingerprint density at radius 1 is 1.23 bits per heavy atom. The molecule has 1 fully saturated rings. The maximum Gasteiger partial charge on any atom is 0.471 e. The van der Waals surface area contributed by atoms with E-state index in [1.165, 1.54) is 34.1 Å². The van der Waals surface area contributed by atoms with E-state index in [1.54, 1.807) is 35.2 Å². The second kappa shape index (κ2) is 14.6. The van der Waals surface area contributed by atoms with E-state index in [2.05, 4.69) is 11.9 Å². The van der Waals surface area contributed by atoms with Gasteiger partial charge < -0.3 is 15.4 Å². The summed E-state index contributed by atoms with van der Waals surface area (Å²) in [4.78, 5) is 19.8. The number of aromatic nitrogens is 1. The highest BCUT2D eigenvalue weighted by molar-refractivity contribution is 7.93. The van der Waals surface area contributed by atoms with Crippen molar-refractivity contribution < 1.29 is 35.5 Å². The summed E-state index contributed by atoms with van der Waals surface area (Å²) in [5.74, 6) is -1.98. The number of hydrogen-bond donors (Lipinski definition) is 1. The van der Waals surface area contributed by atoms with Crippen molar-refractivity contribution >= 4 is 44.9 Å². The molecule has 2 aromatic rings. The van der Waals surface area contributed by atoms with Crippen molar-refractivity contribution in [2.45, 2.75) is 57.1 Å². The molecule has 1 heterocycles. The quantitative estimate of drug-likeness (QED) is 0.272. The van der Waals surface area contributed by atoms with Gasteiger partial charge in [0.15, 0.2) is 5.82 Å². The van der Waals surface area contributed by atoms with Crippen molar-refractivity contribution in [3.8, 4) is 0 Å². The second-order valence-electron chi connectivity index (χ2n) is 11.4. The van der Waals surface area contributed by atoms with E-state index in [9.17, 15) is 30.8 Å². The van der Waals surface area contributed by atoms with E-state index in [1.807, 2.05) is 0 Å². The molecule has 0 aliphatic heterocycles. The SMILES string of the molecule is COCCN(C[C@H]1C[C@@H]1C)c1cc(N(C(=O)C(F)(F)F)[C@@H](Cc2ccccc2)[C@@H](N)CF)c(Cl)c(N(C)S(=O)(=O)C(C)C)n1. The normalized spacial score (nSPS) is 18.2. The Morgan fingerprint density at radius 2 is 1.84 bits per heavy atom. The molecule has 1 aliphatic rings. The van der Waals surface area contributed by atoms with Crippen molar-refractivity contribution in [3.63, 3.8) is 0 Å². The summed E-state index contributed by atoms with van der Waals surface area (Å²) in [6, 6.07) is 6.33. The summed E-state index contributed by atoms with van der Waals surface area (Å²) >= 11 is 6.71. The van der Waals surface area contributed by atoms with E-state index in [4.69, 9.17) is 22.1 Å². The predicted molar refractivity (Wildman–Crippen MR) is 164 cm³/mol. The van der Waals surface area contributed by atoms with Crippen molar-refractivity contribution in [1.82, 2.24) is 4.98 Å². The fourth-order valence-corrected chi connectivity index (χ4v) is 6.25. The van der Waals surface area contributed by atoms with Gasteiger partial charge in [0.2, 0.25) is 10.0 Å². The van der Waals surface area contributed by atoms with E-state index in [-0.39, 0.29) is 37.1 Å². The van der Waals surface area contributed by atoms with Crippen LogP contribution in [0.15, 0.2) is 36.4 Å².